The molecule has 2 aromatic rings. The third-order valence-corrected chi connectivity index (χ3v) is 2.79. The summed E-state index contributed by atoms with van der Waals surface area (Å²) in [7, 11) is 1.72. The summed E-state index contributed by atoms with van der Waals surface area (Å²) in [6.07, 6.45) is 1.93. The van der Waals surface area contributed by atoms with E-state index in [4.69, 9.17) is 0 Å². The van der Waals surface area contributed by atoms with E-state index in [1.807, 2.05) is 17.5 Å². The van der Waals surface area contributed by atoms with E-state index in [2.05, 4.69) is 10.3 Å². The summed E-state index contributed by atoms with van der Waals surface area (Å²) in [4.78, 5) is 12.8. The van der Waals surface area contributed by atoms with E-state index in [1.54, 1.807) is 18.4 Å². The molecule has 72 valence electrons. The van der Waals surface area contributed by atoms with Crippen LogP contribution in [0.1, 0.15) is 15.4 Å². The lowest BCUT2D eigenvalue weighted by Gasteiger charge is -1.97. The van der Waals surface area contributed by atoms with Crippen LogP contribution in [0.4, 0.5) is 0 Å². The summed E-state index contributed by atoms with van der Waals surface area (Å²) in [6, 6.07) is 3.89. The van der Waals surface area contributed by atoms with Crippen LogP contribution in [0.5, 0.6) is 0 Å². The van der Waals surface area contributed by atoms with Crippen molar-refractivity contribution in [2.45, 2.75) is 6.42 Å². The molecule has 0 N–H and O–H groups in total. The lowest BCUT2D eigenvalue weighted by atomic mass is 10.2. The van der Waals surface area contributed by atoms with Crippen LogP contribution >= 0.6 is 11.3 Å². The number of carbonyl (C=O) groups is 1. The zero-order chi connectivity index (χ0) is 9.97. The first-order valence-electron chi connectivity index (χ1n) is 4.17. The first kappa shape index (κ1) is 9.08. The molecule has 0 fully saturated rings. The van der Waals surface area contributed by atoms with Crippen LogP contribution in [0.15, 0.2) is 23.7 Å². The van der Waals surface area contributed by atoms with Crippen molar-refractivity contribution in [3.63, 3.8) is 0 Å². The minimum absolute atomic E-state index is 0.0555. The van der Waals surface area contributed by atoms with Crippen molar-refractivity contribution in [3.05, 3.63) is 34.3 Å². The van der Waals surface area contributed by atoms with E-state index < -0.39 is 0 Å². The molecule has 0 amide bonds. The molecule has 14 heavy (non-hydrogen) atoms. The fourth-order valence-electron chi connectivity index (χ4n) is 1.20. The first-order chi connectivity index (χ1) is 6.77. The molecule has 5 heteroatoms. The highest BCUT2D eigenvalue weighted by molar-refractivity contribution is 7.10. The maximum atomic E-state index is 11.7. The second-order valence-electron chi connectivity index (χ2n) is 2.92. The second-order valence-corrected chi connectivity index (χ2v) is 3.95. The molecule has 0 saturated heterocycles. The number of aryl methyl sites for hydroxylation is 1. The Morgan fingerprint density at radius 3 is 3.07 bits per heavy atom. The number of rotatable bonds is 3. The largest absolute Gasteiger partial charge is 0.292 e. The Bertz CT molecular complexity index is 433. The van der Waals surface area contributed by atoms with Crippen molar-refractivity contribution in [1.29, 1.82) is 0 Å². The molecule has 0 radical (unpaired) electrons. The summed E-state index contributed by atoms with van der Waals surface area (Å²) in [6.45, 7) is 0. The zero-order valence-corrected chi connectivity index (χ0v) is 8.49. The van der Waals surface area contributed by atoms with Crippen LogP contribution < -0.4 is 0 Å². The number of ketones is 1. The van der Waals surface area contributed by atoms with Gasteiger partial charge in [-0.05, 0) is 11.4 Å². The van der Waals surface area contributed by atoms with Gasteiger partial charge in [0.25, 0.3) is 0 Å². The molecule has 0 aliphatic heterocycles. The SMILES string of the molecule is Cn1nncc1C(=O)Cc1cccs1. The van der Waals surface area contributed by atoms with E-state index in [1.165, 1.54) is 10.9 Å². The molecule has 2 heterocycles. The van der Waals surface area contributed by atoms with E-state index in [9.17, 15) is 4.79 Å². The first-order valence-corrected chi connectivity index (χ1v) is 5.05. The smallest absolute Gasteiger partial charge is 0.187 e. The quantitative estimate of drug-likeness (QED) is 0.713. The van der Waals surface area contributed by atoms with Gasteiger partial charge >= 0.3 is 0 Å². The van der Waals surface area contributed by atoms with Crippen molar-refractivity contribution in [2.24, 2.45) is 7.05 Å². The Morgan fingerprint density at radius 1 is 1.64 bits per heavy atom. The van der Waals surface area contributed by atoms with Crippen molar-refractivity contribution in [2.75, 3.05) is 0 Å². The van der Waals surface area contributed by atoms with Crippen molar-refractivity contribution < 1.29 is 4.79 Å². The highest BCUT2D eigenvalue weighted by Crippen LogP contribution is 2.11. The summed E-state index contributed by atoms with van der Waals surface area (Å²) in [5.41, 5.74) is 0.554. The number of Topliss-reactive ketones (excluding diaryl/α,β-unsaturated/α-hetero) is 1. The average Bonchev–Trinajstić information content (AvgIpc) is 2.75. The number of hydrogen-bond donors (Lipinski definition) is 0. The maximum absolute atomic E-state index is 11.7. The Morgan fingerprint density at radius 2 is 2.50 bits per heavy atom. The van der Waals surface area contributed by atoms with Gasteiger partial charge in [-0.3, -0.25) is 4.79 Å². The highest BCUT2D eigenvalue weighted by atomic mass is 32.1. The van der Waals surface area contributed by atoms with Crippen LogP contribution in [0.2, 0.25) is 0 Å². The van der Waals surface area contributed by atoms with Gasteiger partial charge < -0.3 is 0 Å². The van der Waals surface area contributed by atoms with Crippen molar-refractivity contribution in [1.82, 2.24) is 15.0 Å². The molecule has 2 aromatic heterocycles. The number of thiophene rings is 1. The van der Waals surface area contributed by atoms with Gasteiger partial charge in [-0.1, -0.05) is 11.3 Å². The Balaban J connectivity index is 2.14. The van der Waals surface area contributed by atoms with E-state index in [-0.39, 0.29) is 5.78 Å². The van der Waals surface area contributed by atoms with Crippen LogP contribution in [0, 0.1) is 0 Å². The van der Waals surface area contributed by atoms with Gasteiger partial charge in [-0.25, -0.2) is 4.68 Å². The predicted molar refractivity (Wildman–Crippen MR) is 53.4 cm³/mol. The topological polar surface area (TPSA) is 47.8 Å². The van der Waals surface area contributed by atoms with Gasteiger partial charge in [0.15, 0.2) is 5.78 Å². The third-order valence-electron chi connectivity index (χ3n) is 1.92. The van der Waals surface area contributed by atoms with Crippen LogP contribution in [-0.2, 0) is 13.5 Å². The lowest BCUT2D eigenvalue weighted by Crippen LogP contribution is -2.08. The van der Waals surface area contributed by atoms with Gasteiger partial charge in [0.1, 0.15) is 5.69 Å². The molecular weight excluding hydrogens is 198 g/mol. The van der Waals surface area contributed by atoms with E-state index in [0.717, 1.165) is 4.88 Å². The van der Waals surface area contributed by atoms with Gasteiger partial charge in [0, 0.05) is 18.3 Å². The predicted octanol–water partition coefficient (Wildman–Crippen LogP) is 1.30. The second kappa shape index (κ2) is 3.71. The number of carbonyl (C=O) groups excluding carboxylic acids is 1. The minimum atomic E-state index is 0.0555. The van der Waals surface area contributed by atoms with Crippen molar-refractivity contribution >= 4 is 17.1 Å². The van der Waals surface area contributed by atoms with E-state index >= 15 is 0 Å². The summed E-state index contributed by atoms with van der Waals surface area (Å²) in [5.74, 6) is 0.0555. The van der Waals surface area contributed by atoms with E-state index in [0.29, 0.717) is 12.1 Å². The molecular formula is C9H9N3OS. The van der Waals surface area contributed by atoms with Gasteiger partial charge in [0.05, 0.1) is 6.20 Å². The molecule has 0 aliphatic carbocycles. The Labute approximate surface area is 85.2 Å². The van der Waals surface area contributed by atoms with Crippen LogP contribution in [-0.4, -0.2) is 20.8 Å². The number of nitrogens with zero attached hydrogens (tertiary/aromatic N) is 3. The molecule has 2 rings (SSSR count). The molecule has 0 saturated carbocycles. The highest BCUT2D eigenvalue weighted by Gasteiger charge is 2.11. The Kier molecular flexibility index (Phi) is 2.41. The van der Waals surface area contributed by atoms with Crippen LogP contribution in [0.25, 0.3) is 0 Å². The average molecular weight is 207 g/mol. The van der Waals surface area contributed by atoms with Crippen LogP contribution in [0.3, 0.4) is 0 Å². The molecule has 0 bridgehead atoms. The van der Waals surface area contributed by atoms with Gasteiger partial charge in [0.2, 0.25) is 0 Å². The maximum Gasteiger partial charge on any atom is 0.187 e. The number of aromatic nitrogens is 3. The monoisotopic (exact) mass is 207 g/mol. The lowest BCUT2D eigenvalue weighted by molar-refractivity contribution is 0.0985. The molecule has 0 aliphatic rings. The molecule has 4 nitrogen and oxygen atoms in total. The van der Waals surface area contributed by atoms with Gasteiger partial charge in [-0.2, -0.15) is 0 Å². The number of hydrogen-bond acceptors (Lipinski definition) is 4. The molecule has 0 spiro atoms. The Hall–Kier alpha value is -1.49. The summed E-state index contributed by atoms with van der Waals surface area (Å²) in [5, 5.41) is 9.35. The normalized spacial score (nSPS) is 10.4. The molecule has 0 aromatic carbocycles. The third kappa shape index (κ3) is 1.72. The standard InChI is InChI=1S/C9H9N3OS/c1-12-8(6-10-11-12)9(13)5-7-3-2-4-14-7/h2-4,6H,5H2,1H3. The minimum Gasteiger partial charge on any atom is -0.292 e. The fourth-order valence-corrected chi connectivity index (χ4v) is 1.91. The fraction of sp³-hybridized carbons (Fsp3) is 0.222. The summed E-state index contributed by atoms with van der Waals surface area (Å²) < 4.78 is 1.50. The molecule has 0 unspecified atom stereocenters. The van der Waals surface area contributed by atoms with Gasteiger partial charge in [-0.15, -0.1) is 16.4 Å². The zero-order valence-electron chi connectivity index (χ0n) is 7.67. The van der Waals surface area contributed by atoms with Crippen molar-refractivity contribution in [3.8, 4) is 0 Å². The molecule has 0 atom stereocenters. The summed E-state index contributed by atoms with van der Waals surface area (Å²) >= 11 is 1.58.